The highest BCUT2D eigenvalue weighted by Crippen LogP contribution is 2.42. The predicted octanol–water partition coefficient (Wildman–Crippen LogP) is 2.75. The summed E-state index contributed by atoms with van der Waals surface area (Å²) in [5.74, 6) is -0.425. The largest absolute Gasteiger partial charge is 0.417 e. The van der Waals surface area contributed by atoms with E-state index < -0.39 is 17.6 Å². The van der Waals surface area contributed by atoms with Gasteiger partial charge in [0.1, 0.15) is 0 Å². The summed E-state index contributed by atoms with van der Waals surface area (Å²) >= 11 is 0. The number of benzene rings is 1. The Morgan fingerprint density at radius 1 is 1.33 bits per heavy atom. The molecule has 1 amide bonds. The molecule has 0 unspecified atom stereocenters. The number of nitrogens with zero attached hydrogens (tertiary/aromatic N) is 1. The van der Waals surface area contributed by atoms with Gasteiger partial charge in [0.2, 0.25) is 5.91 Å². The van der Waals surface area contributed by atoms with E-state index in [1.807, 2.05) is 0 Å². The first kappa shape index (κ1) is 11.0. The zero-order valence-corrected chi connectivity index (χ0v) is 9.01. The topological polar surface area (TPSA) is 42.0 Å². The van der Waals surface area contributed by atoms with Crippen molar-refractivity contribution in [3.05, 3.63) is 35.5 Å². The molecule has 1 aromatic carbocycles. The van der Waals surface area contributed by atoms with E-state index >= 15 is 0 Å². The lowest BCUT2D eigenvalue weighted by molar-refractivity contribution is -0.136. The van der Waals surface area contributed by atoms with Crippen LogP contribution in [0.2, 0.25) is 0 Å². The molecular formula is C12H7F3N2O. The Bertz CT molecular complexity index is 664. The number of halogens is 3. The molecule has 0 radical (unpaired) electrons. The summed E-state index contributed by atoms with van der Waals surface area (Å²) in [6, 6.07) is 4.30. The van der Waals surface area contributed by atoms with E-state index in [4.69, 9.17) is 0 Å². The molecular weight excluding hydrogens is 245 g/mol. The van der Waals surface area contributed by atoms with Crippen LogP contribution in [-0.4, -0.2) is 10.9 Å². The number of hydrogen-bond acceptors (Lipinski definition) is 2. The third kappa shape index (κ3) is 1.53. The zero-order valence-electron chi connectivity index (χ0n) is 9.01. The fourth-order valence-corrected chi connectivity index (χ4v) is 2.24. The van der Waals surface area contributed by atoms with Crippen LogP contribution in [0.1, 0.15) is 11.1 Å². The Hall–Kier alpha value is -2.11. The fraction of sp³-hybridized carbons (Fsp3) is 0.167. The molecule has 2 aromatic rings. The molecule has 0 aliphatic carbocycles. The molecule has 0 bridgehead atoms. The molecule has 1 N–H and O–H groups in total. The summed E-state index contributed by atoms with van der Waals surface area (Å²) in [6.07, 6.45) is -3.32. The number of nitrogens with one attached hydrogen (secondary N) is 1. The van der Waals surface area contributed by atoms with Crippen LogP contribution in [0.15, 0.2) is 24.4 Å². The Morgan fingerprint density at radius 2 is 2.11 bits per heavy atom. The van der Waals surface area contributed by atoms with Gasteiger partial charge in [0, 0.05) is 17.3 Å². The lowest BCUT2D eigenvalue weighted by atomic mass is 9.99. The summed E-state index contributed by atoms with van der Waals surface area (Å²) in [4.78, 5) is 15.2. The van der Waals surface area contributed by atoms with Crippen molar-refractivity contribution in [3.63, 3.8) is 0 Å². The van der Waals surface area contributed by atoms with Gasteiger partial charge in [-0.3, -0.25) is 9.78 Å². The number of alkyl halides is 3. The highest BCUT2D eigenvalue weighted by atomic mass is 19.4. The Morgan fingerprint density at radius 3 is 2.83 bits per heavy atom. The molecule has 0 saturated carbocycles. The molecule has 3 rings (SSSR count). The average molecular weight is 252 g/mol. The first-order valence-corrected chi connectivity index (χ1v) is 5.24. The fourth-order valence-electron chi connectivity index (χ4n) is 2.24. The van der Waals surface area contributed by atoms with Crippen molar-refractivity contribution in [1.29, 1.82) is 0 Å². The summed E-state index contributed by atoms with van der Waals surface area (Å²) in [5.41, 5.74) is -0.321. The second-order valence-electron chi connectivity index (χ2n) is 4.07. The van der Waals surface area contributed by atoms with Gasteiger partial charge < -0.3 is 5.32 Å². The van der Waals surface area contributed by atoms with Crippen LogP contribution < -0.4 is 5.32 Å². The molecule has 1 aliphatic rings. The van der Waals surface area contributed by atoms with Gasteiger partial charge in [-0.2, -0.15) is 13.2 Å². The number of carbonyl (C=O) groups excluding carboxylic acids is 1. The third-order valence-electron chi connectivity index (χ3n) is 2.91. The van der Waals surface area contributed by atoms with Gasteiger partial charge in [-0.1, -0.05) is 6.07 Å². The number of anilines is 1. The summed E-state index contributed by atoms with van der Waals surface area (Å²) in [5, 5.41) is 2.45. The zero-order chi connectivity index (χ0) is 12.9. The number of rotatable bonds is 0. The van der Waals surface area contributed by atoms with Crippen LogP contribution in [0.5, 0.6) is 0 Å². The van der Waals surface area contributed by atoms with Crippen LogP contribution >= 0.6 is 0 Å². The quantitative estimate of drug-likeness (QED) is 0.783. The highest BCUT2D eigenvalue weighted by molar-refractivity contribution is 6.03. The van der Waals surface area contributed by atoms with Crippen LogP contribution in [0.25, 0.3) is 10.9 Å². The lowest BCUT2D eigenvalue weighted by Gasteiger charge is -2.14. The van der Waals surface area contributed by atoms with Gasteiger partial charge in [-0.15, -0.1) is 0 Å². The Kier molecular flexibility index (Phi) is 2.10. The van der Waals surface area contributed by atoms with Crippen LogP contribution in [0, 0.1) is 0 Å². The minimum absolute atomic E-state index is 0.00741. The maximum atomic E-state index is 13.1. The van der Waals surface area contributed by atoms with Crippen molar-refractivity contribution in [1.82, 2.24) is 4.98 Å². The molecule has 2 heterocycles. The highest BCUT2D eigenvalue weighted by Gasteiger charge is 2.39. The van der Waals surface area contributed by atoms with Crippen molar-refractivity contribution in [2.24, 2.45) is 0 Å². The Balaban J connectivity index is 2.43. The predicted molar refractivity (Wildman–Crippen MR) is 59.1 cm³/mol. The smallest absolute Gasteiger partial charge is 0.325 e. The third-order valence-corrected chi connectivity index (χ3v) is 2.91. The Labute approximate surface area is 99.6 Å². The molecule has 0 spiro atoms. The lowest BCUT2D eigenvalue weighted by Crippen LogP contribution is -2.10. The molecule has 1 aliphatic heterocycles. The first-order chi connectivity index (χ1) is 8.47. The summed E-state index contributed by atoms with van der Waals surface area (Å²) in [7, 11) is 0. The standard InChI is InChI=1S/C12H7F3N2O/c13-12(14,15)11-6-2-1-3-16-8(6)5-9-7(11)4-10(18)17-9/h1-3,5H,4H2,(H,17,18). The summed E-state index contributed by atoms with van der Waals surface area (Å²) in [6.45, 7) is 0. The number of carbonyl (C=O) groups is 1. The van der Waals surface area contributed by atoms with Gasteiger partial charge in [0.15, 0.2) is 0 Å². The molecule has 0 saturated heterocycles. The van der Waals surface area contributed by atoms with Gasteiger partial charge in [0.25, 0.3) is 0 Å². The van der Waals surface area contributed by atoms with Gasteiger partial charge in [-0.05, 0) is 17.7 Å². The van der Waals surface area contributed by atoms with Crippen molar-refractivity contribution in [3.8, 4) is 0 Å². The van der Waals surface area contributed by atoms with E-state index in [1.54, 1.807) is 0 Å². The number of amides is 1. The van der Waals surface area contributed by atoms with Crippen LogP contribution in [0.3, 0.4) is 0 Å². The molecule has 18 heavy (non-hydrogen) atoms. The SMILES string of the molecule is O=C1Cc2c(cc3ncccc3c2C(F)(F)F)N1. The van der Waals surface area contributed by atoms with E-state index in [0.29, 0.717) is 0 Å². The normalized spacial score (nSPS) is 14.7. The van der Waals surface area contributed by atoms with Crippen LogP contribution in [-0.2, 0) is 17.4 Å². The van der Waals surface area contributed by atoms with Crippen LogP contribution in [0.4, 0.5) is 18.9 Å². The molecule has 0 fully saturated rings. The maximum Gasteiger partial charge on any atom is 0.417 e. The number of hydrogen-bond donors (Lipinski definition) is 1. The van der Waals surface area contributed by atoms with E-state index in [0.717, 1.165) is 0 Å². The minimum Gasteiger partial charge on any atom is -0.325 e. The second kappa shape index (κ2) is 3.44. The van der Waals surface area contributed by atoms with E-state index in [1.165, 1.54) is 24.4 Å². The van der Waals surface area contributed by atoms with Crippen molar-refractivity contribution >= 4 is 22.5 Å². The first-order valence-electron chi connectivity index (χ1n) is 5.24. The average Bonchev–Trinajstić information content (AvgIpc) is 2.63. The van der Waals surface area contributed by atoms with E-state index in [-0.39, 0.29) is 28.6 Å². The van der Waals surface area contributed by atoms with Crippen molar-refractivity contribution in [2.45, 2.75) is 12.6 Å². The minimum atomic E-state index is -4.50. The molecule has 3 nitrogen and oxygen atoms in total. The molecule has 6 heteroatoms. The summed E-state index contributed by atoms with van der Waals surface area (Å²) < 4.78 is 39.4. The van der Waals surface area contributed by atoms with Gasteiger partial charge in [0.05, 0.1) is 17.5 Å². The number of pyridine rings is 1. The molecule has 0 atom stereocenters. The van der Waals surface area contributed by atoms with Gasteiger partial charge >= 0.3 is 6.18 Å². The number of aromatic nitrogens is 1. The van der Waals surface area contributed by atoms with Gasteiger partial charge in [-0.25, -0.2) is 0 Å². The molecule has 92 valence electrons. The molecule has 1 aromatic heterocycles. The van der Waals surface area contributed by atoms with Crippen molar-refractivity contribution < 1.29 is 18.0 Å². The number of fused-ring (bicyclic) bond motifs is 2. The monoisotopic (exact) mass is 252 g/mol. The van der Waals surface area contributed by atoms with E-state index in [2.05, 4.69) is 10.3 Å². The second-order valence-corrected chi connectivity index (χ2v) is 4.07. The van der Waals surface area contributed by atoms with E-state index in [9.17, 15) is 18.0 Å². The maximum absolute atomic E-state index is 13.1. The van der Waals surface area contributed by atoms with Crippen molar-refractivity contribution in [2.75, 3.05) is 5.32 Å².